The molecule has 1 aromatic carbocycles. The molecule has 8 heteroatoms. The molecule has 21 heavy (non-hydrogen) atoms. The molecule has 1 aliphatic heterocycles. The van der Waals surface area contributed by atoms with Crippen molar-refractivity contribution in [1.82, 2.24) is 0 Å². The summed E-state index contributed by atoms with van der Waals surface area (Å²) in [5.41, 5.74) is -1.17. The average Bonchev–Trinajstić information content (AvgIpc) is 2.76. The van der Waals surface area contributed by atoms with Crippen LogP contribution in [0.5, 0.6) is 0 Å². The van der Waals surface area contributed by atoms with Gasteiger partial charge in [0.25, 0.3) is 6.43 Å². The molecule has 1 aliphatic rings. The zero-order valence-corrected chi connectivity index (χ0v) is 12.4. The lowest BCUT2D eigenvalue weighted by Gasteiger charge is -2.24. The zero-order valence-electron chi connectivity index (χ0n) is 11.6. The molecule has 2 rings (SSSR count). The van der Waals surface area contributed by atoms with Crippen molar-refractivity contribution in [2.75, 3.05) is 28.5 Å². The number of hydrogen-bond donors (Lipinski definition) is 2. The summed E-state index contributed by atoms with van der Waals surface area (Å²) in [5.74, 6) is 0.116. The third-order valence-electron chi connectivity index (χ3n) is 3.35. The molecule has 0 radical (unpaired) electrons. The number of nitrogens with one attached hydrogen (secondary N) is 1. The second-order valence-corrected chi connectivity index (χ2v) is 7.32. The van der Waals surface area contributed by atoms with Crippen LogP contribution >= 0.6 is 0 Å². The molecule has 0 spiro atoms. The minimum atomic E-state index is -3.28. The molecule has 1 saturated heterocycles. The van der Waals surface area contributed by atoms with Crippen LogP contribution in [0.25, 0.3) is 0 Å². The second-order valence-electron chi connectivity index (χ2n) is 5.30. The lowest BCUT2D eigenvalue weighted by molar-refractivity contribution is -0.0732. The Kier molecular flexibility index (Phi) is 4.38. The minimum absolute atomic E-state index is 0.116. The van der Waals surface area contributed by atoms with Crippen LogP contribution in [-0.4, -0.2) is 44.4 Å². The minimum Gasteiger partial charge on any atom is -0.382 e. The Balaban J connectivity index is 2.12. The van der Waals surface area contributed by atoms with Crippen LogP contribution in [0.4, 0.5) is 20.2 Å². The maximum atomic E-state index is 12.6. The summed E-state index contributed by atoms with van der Waals surface area (Å²) < 4.78 is 50.1. The van der Waals surface area contributed by atoms with Crippen LogP contribution in [0.3, 0.4) is 0 Å². The van der Waals surface area contributed by atoms with E-state index in [9.17, 15) is 22.3 Å². The van der Waals surface area contributed by atoms with Crippen LogP contribution in [0, 0.1) is 0 Å². The lowest BCUT2D eigenvalue weighted by Crippen LogP contribution is -2.40. The van der Waals surface area contributed by atoms with Gasteiger partial charge in [-0.15, -0.1) is 0 Å². The highest BCUT2D eigenvalue weighted by Crippen LogP contribution is 2.27. The lowest BCUT2D eigenvalue weighted by atomic mass is 10.1. The Morgan fingerprint density at radius 3 is 2.76 bits per heavy atom. The molecule has 1 heterocycles. The predicted octanol–water partition coefficient (Wildman–Crippen LogP) is 1.65. The first-order chi connectivity index (χ1) is 9.72. The Morgan fingerprint density at radius 1 is 1.48 bits per heavy atom. The van der Waals surface area contributed by atoms with Gasteiger partial charge in [0.1, 0.15) is 5.60 Å². The summed E-state index contributed by atoms with van der Waals surface area (Å²) in [6.45, 7) is 1.13. The van der Waals surface area contributed by atoms with E-state index in [1.54, 1.807) is 24.3 Å². The van der Waals surface area contributed by atoms with Crippen molar-refractivity contribution in [3.05, 3.63) is 24.3 Å². The molecule has 0 aromatic heterocycles. The maximum absolute atomic E-state index is 12.6. The van der Waals surface area contributed by atoms with Crippen molar-refractivity contribution in [2.24, 2.45) is 0 Å². The highest BCUT2D eigenvalue weighted by atomic mass is 32.2. The van der Waals surface area contributed by atoms with Gasteiger partial charge in [0.2, 0.25) is 10.0 Å². The first-order valence-corrected chi connectivity index (χ1v) is 8.18. The number of rotatable bonds is 5. The molecular weight excluding hydrogens is 302 g/mol. The number of nitrogens with zero attached hydrogens (tertiary/aromatic N) is 1. The van der Waals surface area contributed by atoms with Crippen LogP contribution < -0.4 is 9.62 Å². The zero-order chi connectivity index (χ0) is 15.7. The Bertz CT molecular complexity index is 605. The van der Waals surface area contributed by atoms with Gasteiger partial charge in [-0.25, -0.2) is 17.2 Å². The van der Waals surface area contributed by atoms with E-state index in [-0.39, 0.29) is 12.3 Å². The number of halogens is 2. The van der Waals surface area contributed by atoms with E-state index in [4.69, 9.17) is 0 Å². The molecular formula is C13H18F2N2O3S. The van der Waals surface area contributed by atoms with Gasteiger partial charge in [0.05, 0.1) is 11.4 Å². The van der Waals surface area contributed by atoms with E-state index in [2.05, 4.69) is 5.32 Å². The molecule has 0 bridgehead atoms. The van der Waals surface area contributed by atoms with Gasteiger partial charge in [-0.05, 0) is 31.5 Å². The van der Waals surface area contributed by atoms with Gasteiger partial charge in [0.15, 0.2) is 0 Å². The number of alkyl halides is 2. The number of aliphatic hydroxyl groups is 1. The SMILES string of the molecule is CC(O)(CNc1cccc(N2CCCS2(=O)=O)c1)C(F)F. The van der Waals surface area contributed by atoms with E-state index in [0.29, 0.717) is 24.3 Å². The van der Waals surface area contributed by atoms with Gasteiger partial charge in [0, 0.05) is 18.8 Å². The van der Waals surface area contributed by atoms with Gasteiger partial charge >= 0.3 is 0 Å². The standard InChI is InChI=1S/C13H18F2N2O3S/c1-13(18,12(14)15)9-16-10-4-2-5-11(8-10)17-6-3-7-21(17,19)20/h2,4-5,8,12,16,18H,3,6-7,9H2,1H3. The summed E-state index contributed by atoms with van der Waals surface area (Å²) in [6, 6.07) is 6.50. The summed E-state index contributed by atoms with van der Waals surface area (Å²) in [7, 11) is -3.28. The Labute approximate surface area is 122 Å². The Morgan fingerprint density at radius 2 is 2.19 bits per heavy atom. The van der Waals surface area contributed by atoms with Crippen LogP contribution in [0.15, 0.2) is 24.3 Å². The molecule has 1 fully saturated rings. The summed E-state index contributed by atoms with van der Waals surface area (Å²) in [4.78, 5) is 0. The number of benzene rings is 1. The van der Waals surface area contributed by atoms with Crippen LogP contribution in [-0.2, 0) is 10.0 Å². The van der Waals surface area contributed by atoms with E-state index >= 15 is 0 Å². The van der Waals surface area contributed by atoms with Crippen molar-refractivity contribution in [3.8, 4) is 0 Å². The average molecular weight is 320 g/mol. The first kappa shape index (κ1) is 16.0. The number of hydrogen-bond acceptors (Lipinski definition) is 4. The quantitative estimate of drug-likeness (QED) is 0.865. The van der Waals surface area contributed by atoms with Crippen molar-refractivity contribution in [3.63, 3.8) is 0 Å². The van der Waals surface area contributed by atoms with Gasteiger partial charge in [-0.2, -0.15) is 0 Å². The molecule has 0 amide bonds. The molecule has 1 atom stereocenters. The highest BCUT2D eigenvalue weighted by Gasteiger charge is 2.32. The molecule has 5 nitrogen and oxygen atoms in total. The monoisotopic (exact) mass is 320 g/mol. The van der Waals surface area contributed by atoms with Crippen LogP contribution in [0.1, 0.15) is 13.3 Å². The van der Waals surface area contributed by atoms with Crippen molar-refractivity contribution in [2.45, 2.75) is 25.4 Å². The fourth-order valence-electron chi connectivity index (χ4n) is 2.06. The van der Waals surface area contributed by atoms with E-state index < -0.39 is 22.0 Å². The normalized spacial score (nSPS) is 20.5. The number of sulfonamides is 1. The maximum Gasteiger partial charge on any atom is 0.268 e. The molecule has 0 saturated carbocycles. The molecule has 1 aromatic rings. The van der Waals surface area contributed by atoms with Gasteiger partial charge in [-0.3, -0.25) is 4.31 Å². The topological polar surface area (TPSA) is 69.6 Å². The smallest absolute Gasteiger partial charge is 0.268 e. The summed E-state index contributed by atoms with van der Waals surface area (Å²) in [6.07, 6.45) is -2.30. The van der Waals surface area contributed by atoms with Gasteiger partial charge < -0.3 is 10.4 Å². The highest BCUT2D eigenvalue weighted by molar-refractivity contribution is 7.93. The summed E-state index contributed by atoms with van der Waals surface area (Å²) >= 11 is 0. The largest absolute Gasteiger partial charge is 0.382 e. The first-order valence-electron chi connectivity index (χ1n) is 6.57. The molecule has 2 N–H and O–H groups in total. The van der Waals surface area contributed by atoms with E-state index in [0.717, 1.165) is 6.92 Å². The third kappa shape index (κ3) is 3.62. The Hall–Kier alpha value is -1.41. The molecule has 118 valence electrons. The predicted molar refractivity (Wildman–Crippen MR) is 77.3 cm³/mol. The molecule has 0 aliphatic carbocycles. The molecule has 1 unspecified atom stereocenters. The van der Waals surface area contributed by atoms with E-state index in [1.165, 1.54) is 4.31 Å². The van der Waals surface area contributed by atoms with Gasteiger partial charge in [-0.1, -0.05) is 6.07 Å². The van der Waals surface area contributed by atoms with Crippen LogP contribution in [0.2, 0.25) is 0 Å². The van der Waals surface area contributed by atoms with Crippen molar-refractivity contribution < 1.29 is 22.3 Å². The fourth-order valence-corrected chi connectivity index (χ4v) is 3.62. The fraction of sp³-hybridized carbons (Fsp3) is 0.538. The second kappa shape index (κ2) is 5.76. The third-order valence-corrected chi connectivity index (χ3v) is 5.22. The summed E-state index contributed by atoms with van der Waals surface area (Å²) in [5, 5.41) is 12.2. The van der Waals surface area contributed by atoms with E-state index in [1.807, 2.05) is 0 Å². The van der Waals surface area contributed by atoms with Crippen molar-refractivity contribution in [1.29, 1.82) is 0 Å². The van der Waals surface area contributed by atoms with Crippen molar-refractivity contribution >= 4 is 21.4 Å². The number of anilines is 2.